The van der Waals surface area contributed by atoms with E-state index in [9.17, 15) is 15.3 Å². The number of nitriles is 2. The lowest BCUT2D eigenvalue weighted by Crippen LogP contribution is -2.27. The third-order valence-corrected chi connectivity index (χ3v) is 3.98. The summed E-state index contributed by atoms with van der Waals surface area (Å²) in [6, 6.07) is 16.3. The van der Waals surface area contributed by atoms with Gasteiger partial charge in [0.25, 0.3) is 5.91 Å². The minimum Gasteiger partial charge on any atom is -0.493 e. The van der Waals surface area contributed by atoms with Gasteiger partial charge in [-0.2, -0.15) is 10.5 Å². The van der Waals surface area contributed by atoms with Gasteiger partial charge in [-0.1, -0.05) is 24.3 Å². The Morgan fingerprint density at radius 3 is 2.62 bits per heavy atom. The van der Waals surface area contributed by atoms with Crippen LogP contribution in [0.15, 0.2) is 48.0 Å². The summed E-state index contributed by atoms with van der Waals surface area (Å²) in [5, 5.41) is 21.0. The van der Waals surface area contributed by atoms with Crippen LogP contribution in [0, 0.1) is 22.7 Å². The van der Waals surface area contributed by atoms with Crippen LogP contribution in [0.5, 0.6) is 11.5 Å². The first-order chi connectivity index (χ1) is 14.1. The van der Waals surface area contributed by atoms with Gasteiger partial charge < -0.3 is 19.5 Å². The molecule has 0 aromatic heterocycles. The molecule has 0 heterocycles. The summed E-state index contributed by atoms with van der Waals surface area (Å²) in [6.45, 7) is 0.883. The molecule has 148 valence electrons. The molecule has 0 saturated carbocycles. The predicted octanol–water partition coefficient (Wildman–Crippen LogP) is 2.82. The van der Waals surface area contributed by atoms with Crippen molar-refractivity contribution in [3.05, 3.63) is 64.7 Å². The molecule has 0 aliphatic rings. The van der Waals surface area contributed by atoms with Crippen molar-refractivity contribution < 1.29 is 19.0 Å². The van der Waals surface area contributed by atoms with E-state index >= 15 is 0 Å². The number of ether oxygens (including phenoxy) is 3. The predicted molar refractivity (Wildman–Crippen MR) is 107 cm³/mol. The normalized spacial score (nSPS) is 10.6. The fourth-order valence-electron chi connectivity index (χ4n) is 2.48. The van der Waals surface area contributed by atoms with E-state index in [2.05, 4.69) is 11.4 Å². The highest BCUT2D eigenvalue weighted by Crippen LogP contribution is 2.30. The van der Waals surface area contributed by atoms with E-state index < -0.39 is 5.91 Å². The van der Waals surface area contributed by atoms with Gasteiger partial charge in [-0.05, 0) is 29.8 Å². The molecule has 2 rings (SSSR count). The molecule has 0 bridgehead atoms. The van der Waals surface area contributed by atoms with Crippen LogP contribution in [0.2, 0.25) is 0 Å². The number of rotatable bonds is 9. The number of amides is 1. The standard InChI is InChI=1S/C22H21N3O4/c1-27-10-9-25-22(26)19(14-24)11-16-7-8-20(21(12-16)28-2)29-15-18-6-4-3-5-17(18)13-23/h3-8,11-12H,9-10,15H2,1-2H3,(H,25,26)/b19-11+. The minimum atomic E-state index is -0.475. The van der Waals surface area contributed by atoms with Gasteiger partial charge in [0.2, 0.25) is 0 Å². The van der Waals surface area contributed by atoms with Gasteiger partial charge in [-0.3, -0.25) is 4.79 Å². The van der Waals surface area contributed by atoms with Crippen LogP contribution in [-0.2, 0) is 16.1 Å². The molecular weight excluding hydrogens is 370 g/mol. The largest absolute Gasteiger partial charge is 0.493 e. The van der Waals surface area contributed by atoms with Gasteiger partial charge in [0.1, 0.15) is 18.2 Å². The Balaban J connectivity index is 2.16. The molecule has 0 aliphatic carbocycles. The number of hydrogen-bond acceptors (Lipinski definition) is 6. The molecule has 0 radical (unpaired) electrons. The summed E-state index contributed by atoms with van der Waals surface area (Å²) in [4.78, 5) is 12.1. The number of nitrogens with zero attached hydrogens (tertiary/aromatic N) is 2. The number of hydrogen-bond donors (Lipinski definition) is 1. The molecule has 0 spiro atoms. The molecule has 29 heavy (non-hydrogen) atoms. The van der Waals surface area contributed by atoms with E-state index in [0.29, 0.717) is 35.8 Å². The van der Waals surface area contributed by atoms with Crippen LogP contribution >= 0.6 is 0 Å². The third kappa shape index (κ3) is 6.10. The van der Waals surface area contributed by atoms with Crippen LogP contribution in [0.4, 0.5) is 0 Å². The van der Waals surface area contributed by atoms with Crippen molar-refractivity contribution in [2.75, 3.05) is 27.4 Å². The Bertz CT molecular complexity index is 971. The summed E-state index contributed by atoms with van der Waals surface area (Å²) in [5.41, 5.74) is 1.90. The molecular formula is C22H21N3O4. The molecule has 0 atom stereocenters. The highest BCUT2D eigenvalue weighted by molar-refractivity contribution is 6.01. The summed E-state index contributed by atoms with van der Waals surface area (Å²) in [7, 11) is 3.03. The molecule has 0 unspecified atom stereocenters. The van der Waals surface area contributed by atoms with E-state index in [0.717, 1.165) is 5.56 Å². The van der Waals surface area contributed by atoms with Gasteiger partial charge in [0.05, 0.1) is 25.3 Å². The fraction of sp³-hybridized carbons (Fsp3) is 0.227. The molecule has 1 amide bonds. The van der Waals surface area contributed by atoms with E-state index in [1.807, 2.05) is 18.2 Å². The molecule has 2 aromatic rings. The Morgan fingerprint density at radius 2 is 1.93 bits per heavy atom. The van der Waals surface area contributed by atoms with E-state index in [-0.39, 0.29) is 12.2 Å². The average molecular weight is 391 g/mol. The van der Waals surface area contributed by atoms with E-state index in [1.54, 1.807) is 30.3 Å². The topological polar surface area (TPSA) is 104 Å². The van der Waals surface area contributed by atoms with Crippen LogP contribution in [-0.4, -0.2) is 33.3 Å². The van der Waals surface area contributed by atoms with Crippen LogP contribution in [0.3, 0.4) is 0 Å². The number of carbonyl (C=O) groups is 1. The summed E-state index contributed by atoms with van der Waals surface area (Å²) in [5.74, 6) is 0.461. The quantitative estimate of drug-likeness (QED) is 0.400. The lowest BCUT2D eigenvalue weighted by molar-refractivity contribution is -0.117. The van der Waals surface area contributed by atoms with Crippen LogP contribution < -0.4 is 14.8 Å². The molecule has 0 aliphatic heterocycles. The maximum atomic E-state index is 12.1. The first-order valence-electron chi connectivity index (χ1n) is 8.80. The van der Waals surface area contributed by atoms with Crippen molar-refractivity contribution in [3.8, 4) is 23.6 Å². The Morgan fingerprint density at radius 1 is 1.14 bits per heavy atom. The van der Waals surface area contributed by atoms with Crippen LogP contribution in [0.1, 0.15) is 16.7 Å². The number of nitrogens with one attached hydrogen (secondary N) is 1. The van der Waals surface area contributed by atoms with Crippen molar-refractivity contribution in [3.63, 3.8) is 0 Å². The zero-order valence-electron chi connectivity index (χ0n) is 16.3. The first-order valence-corrected chi connectivity index (χ1v) is 8.80. The van der Waals surface area contributed by atoms with Crippen molar-refractivity contribution >= 4 is 12.0 Å². The van der Waals surface area contributed by atoms with Gasteiger partial charge in [-0.15, -0.1) is 0 Å². The molecule has 0 fully saturated rings. The first kappa shape index (κ1) is 21.5. The Labute approximate surface area is 169 Å². The fourth-order valence-corrected chi connectivity index (χ4v) is 2.48. The monoisotopic (exact) mass is 391 g/mol. The van der Waals surface area contributed by atoms with Crippen molar-refractivity contribution in [1.29, 1.82) is 10.5 Å². The second kappa shape index (κ2) is 11.1. The average Bonchev–Trinajstić information content (AvgIpc) is 2.76. The molecule has 2 aromatic carbocycles. The lowest BCUT2D eigenvalue weighted by atomic mass is 10.1. The van der Waals surface area contributed by atoms with E-state index in [4.69, 9.17) is 14.2 Å². The SMILES string of the molecule is COCCNC(=O)/C(C#N)=C/c1ccc(OCc2ccccc2C#N)c(OC)c1. The summed E-state index contributed by atoms with van der Waals surface area (Å²) >= 11 is 0. The highest BCUT2D eigenvalue weighted by Gasteiger charge is 2.11. The highest BCUT2D eigenvalue weighted by atomic mass is 16.5. The number of methoxy groups -OCH3 is 2. The summed E-state index contributed by atoms with van der Waals surface area (Å²) < 4.78 is 16.0. The Hall–Kier alpha value is -3.81. The third-order valence-electron chi connectivity index (χ3n) is 3.98. The second-order valence-electron chi connectivity index (χ2n) is 5.89. The van der Waals surface area contributed by atoms with Gasteiger partial charge in [0, 0.05) is 19.2 Å². The van der Waals surface area contributed by atoms with Crippen LogP contribution in [0.25, 0.3) is 6.08 Å². The van der Waals surface area contributed by atoms with Crippen molar-refractivity contribution in [2.45, 2.75) is 6.61 Å². The molecule has 7 nitrogen and oxygen atoms in total. The van der Waals surface area contributed by atoms with Crippen molar-refractivity contribution in [1.82, 2.24) is 5.32 Å². The van der Waals surface area contributed by atoms with E-state index in [1.165, 1.54) is 20.3 Å². The maximum absolute atomic E-state index is 12.1. The zero-order chi connectivity index (χ0) is 21.1. The maximum Gasteiger partial charge on any atom is 0.262 e. The minimum absolute atomic E-state index is 0.0280. The second-order valence-corrected chi connectivity index (χ2v) is 5.89. The van der Waals surface area contributed by atoms with Gasteiger partial charge in [0.15, 0.2) is 11.5 Å². The molecule has 0 saturated heterocycles. The lowest BCUT2D eigenvalue weighted by Gasteiger charge is -2.12. The van der Waals surface area contributed by atoms with Gasteiger partial charge >= 0.3 is 0 Å². The van der Waals surface area contributed by atoms with Crippen molar-refractivity contribution in [2.24, 2.45) is 0 Å². The zero-order valence-corrected chi connectivity index (χ0v) is 16.3. The Kier molecular flexibility index (Phi) is 8.25. The molecule has 1 N–H and O–H groups in total. The molecule has 7 heteroatoms. The number of benzene rings is 2. The van der Waals surface area contributed by atoms with Gasteiger partial charge in [-0.25, -0.2) is 0 Å². The number of carbonyl (C=O) groups excluding carboxylic acids is 1. The smallest absolute Gasteiger partial charge is 0.262 e. The summed E-state index contributed by atoms with van der Waals surface area (Å²) in [6.07, 6.45) is 1.47.